The first-order valence-electron chi connectivity index (χ1n) is 7.30. The number of amides is 1. The van der Waals surface area contributed by atoms with Crippen LogP contribution in [-0.4, -0.2) is 26.1 Å². The molecule has 9 heteroatoms. The van der Waals surface area contributed by atoms with E-state index in [1.807, 2.05) is 13.0 Å². The van der Waals surface area contributed by atoms with Gasteiger partial charge in [-0.15, -0.1) is 5.10 Å². The standard InChI is InChI=1S/C15H15N5O3S/c1-3-20-15(17-18-19-20)24-8-10-6-14(22)23-13-7-11(16-9(2)21)4-5-12(10)13/h4-7H,3,8H2,1-2H3,(H,16,21). The molecule has 0 spiro atoms. The summed E-state index contributed by atoms with van der Waals surface area (Å²) in [5.41, 5.74) is 1.40. The van der Waals surface area contributed by atoms with Crippen LogP contribution < -0.4 is 10.9 Å². The van der Waals surface area contributed by atoms with Gasteiger partial charge in [0.1, 0.15) is 5.58 Å². The van der Waals surface area contributed by atoms with Gasteiger partial charge in [0.2, 0.25) is 11.1 Å². The molecule has 0 bridgehead atoms. The van der Waals surface area contributed by atoms with Gasteiger partial charge in [-0.05, 0) is 35.0 Å². The fourth-order valence-corrected chi connectivity index (χ4v) is 3.20. The van der Waals surface area contributed by atoms with Crippen molar-refractivity contribution in [3.05, 3.63) is 40.2 Å². The molecule has 1 N–H and O–H groups in total. The number of aromatic nitrogens is 4. The van der Waals surface area contributed by atoms with E-state index in [-0.39, 0.29) is 5.91 Å². The van der Waals surface area contributed by atoms with Crippen molar-refractivity contribution in [2.75, 3.05) is 5.32 Å². The van der Waals surface area contributed by atoms with E-state index in [1.165, 1.54) is 24.8 Å². The number of carbonyl (C=O) groups excluding carboxylic acids is 1. The van der Waals surface area contributed by atoms with Crippen molar-refractivity contribution in [2.24, 2.45) is 0 Å². The van der Waals surface area contributed by atoms with E-state index in [1.54, 1.807) is 16.8 Å². The first kappa shape index (κ1) is 16.2. The second kappa shape index (κ2) is 6.83. The Morgan fingerprint density at radius 2 is 2.21 bits per heavy atom. The van der Waals surface area contributed by atoms with E-state index < -0.39 is 5.63 Å². The predicted octanol–water partition coefficient (Wildman–Crippen LogP) is 2.05. The topological polar surface area (TPSA) is 103 Å². The maximum absolute atomic E-state index is 11.8. The SMILES string of the molecule is CCn1nnnc1SCc1cc(=O)oc2cc(NC(C)=O)ccc12. The molecule has 0 saturated heterocycles. The molecule has 3 aromatic rings. The van der Waals surface area contributed by atoms with Crippen molar-refractivity contribution in [3.8, 4) is 0 Å². The number of nitrogens with one attached hydrogen (secondary N) is 1. The summed E-state index contributed by atoms with van der Waals surface area (Å²) in [5, 5.41) is 15.7. The molecule has 24 heavy (non-hydrogen) atoms. The molecule has 0 aliphatic carbocycles. The summed E-state index contributed by atoms with van der Waals surface area (Å²) in [6.45, 7) is 4.05. The van der Waals surface area contributed by atoms with Crippen LogP contribution in [0.2, 0.25) is 0 Å². The maximum atomic E-state index is 11.8. The van der Waals surface area contributed by atoms with Crippen LogP contribution >= 0.6 is 11.8 Å². The second-order valence-electron chi connectivity index (χ2n) is 5.05. The Bertz CT molecular complexity index is 950. The van der Waals surface area contributed by atoms with Gasteiger partial charge >= 0.3 is 5.63 Å². The van der Waals surface area contributed by atoms with Gasteiger partial charge in [-0.25, -0.2) is 9.48 Å². The number of carbonyl (C=O) groups is 1. The number of rotatable bonds is 5. The van der Waals surface area contributed by atoms with E-state index in [4.69, 9.17) is 4.42 Å². The highest BCUT2D eigenvalue weighted by molar-refractivity contribution is 7.98. The van der Waals surface area contributed by atoms with Crippen LogP contribution in [0.4, 0.5) is 5.69 Å². The van der Waals surface area contributed by atoms with E-state index >= 15 is 0 Å². The van der Waals surface area contributed by atoms with Gasteiger partial charge in [0, 0.05) is 42.4 Å². The average molecular weight is 345 g/mol. The minimum absolute atomic E-state index is 0.185. The molecule has 0 fully saturated rings. The van der Waals surface area contributed by atoms with Gasteiger partial charge in [0.05, 0.1) is 0 Å². The van der Waals surface area contributed by atoms with Gasteiger partial charge in [0.15, 0.2) is 0 Å². The summed E-state index contributed by atoms with van der Waals surface area (Å²) in [5.74, 6) is 0.344. The molecule has 0 unspecified atom stereocenters. The molecule has 1 aromatic carbocycles. The lowest BCUT2D eigenvalue weighted by Crippen LogP contribution is -2.06. The summed E-state index contributed by atoms with van der Waals surface area (Å²) in [7, 11) is 0. The lowest BCUT2D eigenvalue weighted by molar-refractivity contribution is -0.114. The van der Waals surface area contributed by atoms with Crippen molar-refractivity contribution < 1.29 is 9.21 Å². The molecule has 1 amide bonds. The van der Waals surface area contributed by atoms with Crippen LogP contribution in [0.5, 0.6) is 0 Å². The first-order valence-corrected chi connectivity index (χ1v) is 8.28. The molecule has 0 saturated carbocycles. The van der Waals surface area contributed by atoms with Gasteiger partial charge in [0.25, 0.3) is 0 Å². The van der Waals surface area contributed by atoms with Crippen LogP contribution in [0.25, 0.3) is 11.0 Å². The number of tetrazole rings is 1. The normalized spacial score (nSPS) is 10.9. The van der Waals surface area contributed by atoms with E-state index in [0.29, 0.717) is 28.7 Å². The van der Waals surface area contributed by atoms with E-state index in [2.05, 4.69) is 20.8 Å². The van der Waals surface area contributed by atoms with Crippen molar-refractivity contribution in [2.45, 2.75) is 31.3 Å². The molecule has 0 atom stereocenters. The number of hydrogen-bond acceptors (Lipinski definition) is 7. The van der Waals surface area contributed by atoms with Crippen LogP contribution in [0, 0.1) is 0 Å². The summed E-state index contributed by atoms with van der Waals surface area (Å²) in [6, 6.07) is 6.70. The van der Waals surface area contributed by atoms with Crippen LogP contribution in [0.1, 0.15) is 19.4 Å². The van der Waals surface area contributed by atoms with Crippen LogP contribution in [-0.2, 0) is 17.1 Å². The van der Waals surface area contributed by atoms with Gasteiger partial charge < -0.3 is 9.73 Å². The Morgan fingerprint density at radius 3 is 2.96 bits per heavy atom. The summed E-state index contributed by atoms with van der Waals surface area (Å²) in [4.78, 5) is 23.0. The minimum Gasteiger partial charge on any atom is -0.423 e. The molecule has 8 nitrogen and oxygen atoms in total. The first-order chi connectivity index (χ1) is 11.6. The highest BCUT2D eigenvalue weighted by Gasteiger charge is 2.10. The van der Waals surface area contributed by atoms with Gasteiger partial charge in [-0.1, -0.05) is 11.8 Å². The fourth-order valence-electron chi connectivity index (χ4n) is 2.27. The molecule has 3 rings (SSSR count). The highest BCUT2D eigenvalue weighted by Crippen LogP contribution is 2.26. The van der Waals surface area contributed by atoms with E-state index in [0.717, 1.165) is 10.9 Å². The molecule has 2 aromatic heterocycles. The van der Waals surface area contributed by atoms with Gasteiger partial charge in [-0.3, -0.25) is 4.79 Å². The Kier molecular flexibility index (Phi) is 4.61. The molecule has 2 heterocycles. The molecule has 124 valence electrons. The quantitative estimate of drug-likeness (QED) is 0.557. The third-order valence-electron chi connectivity index (χ3n) is 3.31. The smallest absolute Gasteiger partial charge is 0.336 e. The Labute approximate surface area is 141 Å². The number of anilines is 1. The molecular weight excluding hydrogens is 330 g/mol. The zero-order chi connectivity index (χ0) is 17.1. The van der Waals surface area contributed by atoms with Crippen molar-refractivity contribution in [1.82, 2.24) is 20.2 Å². The number of thioether (sulfide) groups is 1. The number of benzene rings is 1. The zero-order valence-electron chi connectivity index (χ0n) is 13.1. The lowest BCUT2D eigenvalue weighted by atomic mass is 10.1. The van der Waals surface area contributed by atoms with Crippen LogP contribution in [0.15, 0.2) is 38.6 Å². The Hall–Kier alpha value is -2.68. The Balaban J connectivity index is 1.92. The number of nitrogens with zero attached hydrogens (tertiary/aromatic N) is 4. The lowest BCUT2D eigenvalue weighted by Gasteiger charge is -2.07. The minimum atomic E-state index is -0.437. The van der Waals surface area contributed by atoms with Crippen molar-refractivity contribution in [3.63, 3.8) is 0 Å². The summed E-state index contributed by atoms with van der Waals surface area (Å²) < 4.78 is 6.93. The second-order valence-corrected chi connectivity index (χ2v) is 5.99. The number of aryl methyl sites for hydroxylation is 1. The van der Waals surface area contributed by atoms with Crippen molar-refractivity contribution >= 4 is 34.3 Å². The molecule has 0 radical (unpaired) electrons. The fraction of sp³-hybridized carbons (Fsp3) is 0.267. The largest absolute Gasteiger partial charge is 0.423 e. The monoisotopic (exact) mass is 345 g/mol. The van der Waals surface area contributed by atoms with Crippen molar-refractivity contribution in [1.29, 1.82) is 0 Å². The molecule has 0 aliphatic heterocycles. The third kappa shape index (κ3) is 3.46. The maximum Gasteiger partial charge on any atom is 0.336 e. The molecular formula is C15H15N5O3S. The summed E-state index contributed by atoms with van der Waals surface area (Å²) >= 11 is 1.45. The van der Waals surface area contributed by atoms with E-state index in [9.17, 15) is 9.59 Å². The average Bonchev–Trinajstić information content (AvgIpc) is 2.99. The predicted molar refractivity (Wildman–Crippen MR) is 89.8 cm³/mol. The third-order valence-corrected chi connectivity index (χ3v) is 4.31. The zero-order valence-corrected chi connectivity index (χ0v) is 14.0. The number of fused-ring (bicyclic) bond motifs is 1. The summed E-state index contributed by atoms with van der Waals surface area (Å²) in [6.07, 6.45) is 0. The Morgan fingerprint density at radius 1 is 1.38 bits per heavy atom. The number of hydrogen-bond donors (Lipinski definition) is 1. The molecule has 0 aliphatic rings. The van der Waals surface area contributed by atoms with Crippen LogP contribution in [0.3, 0.4) is 0 Å². The van der Waals surface area contributed by atoms with Gasteiger partial charge in [-0.2, -0.15) is 0 Å². The highest BCUT2D eigenvalue weighted by atomic mass is 32.2.